The predicted molar refractivity (Wildman–Crippen MR) is 54.8 cm³/mol. The van der Waals surface area contributed by atoms with E-state index < -0.39 is 0 Å². The molecule has 78 valence electrons. The summed E-state index contributed by atoms with van der Waals surface area (Å²) in [5.41, 5.74) is 1.11. The van der Waals surface area contributed by atoms with Gasteiger partial charge >= 0.3 is 0 Å². The zero-order chi connectivity index (χ0) is 10.7. The van der Waals surface area contributed by atoms with E-state index in [9.17, 15) is 4.39 Å². The Kier molecular flexibility index (Phi) is 2.76. The molecule has 0 N–H and O–H groups in total. The van der Waals surface area contributed by atoms with E-state index in [1.165, 1.54) is 12.1 Å². The zero-order valence-electron chi connectivity index (χ0n) is 8.52. The number of benzene rings is 1. The molecule has 0 aliphatic rings. The quantitative estimate of drug-likeness (QED) is 0.764. The Hall–Kier alpha value is -1.71. The molecule has 2 aromatic rings. The lowest BCUT2D eigenvalue weighted by atomic mass is 10.1. The van der Waals surface area contributed by atoms with Gasteiger partial charge in [-0.1, -0.05) is 12.1 Å². The van der Waals surface area contributed by atoms with Crippen LogP contribution in [0.2, 0.25) is 0 Å². The third kappa shape index (κ3) is 2.40. The molecule has 0 aliphatic carbocycles. The molecule has 15 heavy (non-hydrogen) atoms. The number of aromatic nitrogens is 3. The summed E-state index contributed by atoms with van der Waals surface area (Å²) in [6.07, 6.45) is 3.22. The Bertz CT molecular complexity index is 433. The number of halogens is 1. The largest absolute Gasteiger partial charge is 0.253 e. The average Bonchev–Trinajstić information content (AvgIpc) is 2.63. The van der Waals surface area contributed by atoms with Gasteiger partial charge in [-0.05, 0) is 24.1 Å². The van der Waals surface area contributed by atoms with E-state index in [1.807, 2.05) is 7.05 Å². The predicted octanol–water partition coefficient (Wildman–Crippen LogP) is 1.74. The average molecular weight is 205 g/mol. The van der Waals surface area contributed by atoms with Gasteiger partial charge in [0.15, 0.2) is 0 Å². The summed E-state index contributed by atoms with van der Waals surface area (Å²) in [6, 6.07) is 6.55. The highest BCUT2D eigenvalue weighted by Crippen LogP contribution is 2.06. The van der Waals surface area contributed by atoms with Gasteiger partial charge in [-0.25, -0.2) is 9.37 Å². The van der Waals surface area contributed by atoms with Crippen molar-refractivity contribution < 1.29 is 4.39 Å². The summed E-state index contributed by atoms with van der Waals surface area (Å²) in [4.78, 5) is 4.13. The number of aryl methyl sites for hydroxylation is 3. The van der Waals surface area contributed by atoms with Crippen LogP contribution in [0.4, 0.5) is 4.39 Å². The maximum Gasteiger partial charge on any atom is 0.138 e. The Morgan fingerprint density at radius 2 is 1.93 bits per heavy atom. The van der Waals surface area contributed by atoms with Crippen LogP contribution in [-0.2, 0) is 19.9 Å². The minimum Gasteiger partial charge on any atom is -0.253 e. The third-order valence-corrected chi connectivity index (χ3v) is 2.36. The lowest BCUT2D eigenvalue weighted by Crippen LogP contribution is -2.01. The maximum absolute atomic E-state index is 12.6. The van der Waals surface area contributed by atoms with Crippen molar-refractivity contribution in [3.63, 3.8) is 0 Å². The van der Waals surface area contributed by atoms with Gasteiger partial charge in [-0.15, -0.1) is 0 Å². The number of hydrogen-bond donors (Lipinski definition) is 0. The van der Waals surface area contributed by atoms with Crippen LogP contribution in [0.3, 0.4) is 0 Å². The number of rotatable bonds is 3. The fourth-order valence-corrected chi connectivity index (χ4v) is 1.45. The molecule has 0 amide bonds. The van der Waals surface area contributed by atoms with Crippen molar-refractivity contribution in [3.05, 3.63) is 47.8 Å². The van der Waals surface area contributed by atoms with Gasteiger partial charge in [-0.3, -0.25) is 4.68 Å². The molecular weight excluding hydrogens is 193 g/mol. The second-order valence-electron chi connectivity index (χ2n) is 3.43. The van der Waals surface area contributed by atoms with Crippen LogP contribution in [0.1, 0.15) is 11.4 Å². The molecule has 1 heterocycles. The van der Waals surface area contributed by atoms with Crippen LogP contribution in [0.25, 0.3) is 0 Å². The minimum absolute atomic E-state index is 0.197. The zero-order valence-corrected chi connectivity index (χ0v) is 8.52. The summed E-state index contributed by atoms with van der Waals surface area (Å²) in [6.45, 7) is 0. The van der Waals surface area contributed by atoms with Crippen molar-refractivity contribution in [2.24, 2.45) is 7.05 Å². The lowest BCUT2D eigenvalue weighted by Gasteiger charge is -2.01. The van der Waals surface area contributed by atoms with Gasteiger partial charge in [0.05, 0.1) is 0 Å². The third-order valence-electron chi connectivity index (χ3n) is 2.36. The fourth-order valence-electron chi connectivity index (χ4n) is 1.45. The van der Waals surface area contributed by atoms with Gasteiger partial charge < -0.3 is 0 Å². The Balaban J connectivity index is 1.99. The highest BCUT2D eigenvalue weighted by atomic mass is 19.1. The lowest BCUT2D eigenvalue weighted by molar-refractivity contribution is 0.626. The van der Waals surface area contributed by atoms with Crippen LogP contribution >= 0.6 is 0 Å². The monoisotopic (exact) mass is 205 g/mol. The normalized spacial score (nSPS) is 10.5. The summed E-state index contributed by atoms with van der Waals surface area (Å²) < 4.78 is 14.4. The molecule has 1 aromatic carbocycles. The molecule has 0 atom stereocenters. The van der Waals surface area contributed by atoms with E-state index in [1.54, 1.807) is 23.1 Å². The summed E-state index contributed by atoms with van der Waals surface area (Å²) >= 11 is 0. The smallest absolute Gasteiger partial charge is 0.138 e. The molecule has 1 aromatic heterocycles. The first-order valence-corrected chi connectivity index (χ1v) is 4.83. The Labute approximate surface area is 87.6 Å². The maximum atomic E-state index is 12.6. The van der Waals surface area contributed by atoms with Crippen molar-refractivity contribution in [1.82, 2.24) is 14.8 Å². The van der Waals surface area contributed by atoms with E-state index in [0.29, 0.717) is 0 Å². The van der Waals surface area contributed by atoms with Crippen molar-refractivity contribution in [2.75, 3.05) is 0 Å². The topological polar surface area (TPSA) is 30.7 Å². The standard InChI is InChI=1S/C11H12FN3/c1-15-11(13-8-14-15)7-4-9-2-5-10(12)6-3-9/h2-3,5-6,8H,4,7H2,1H3. The van der Waals surface area contributed by atoms with Crippen LogP contribution in [-0.4, -0.2) is 14.8 Å². The first kappa shape index (κ1) is 9.83. The van der Waals surface area contributed by atoms with Gasteiger partial charge in [0.1, 0.15) is 18.0 Å². The highest BCUT2D eigenvalue weighted by Gasteiger charge is 2.01. The second-order valence-corrected chi connectivity index (χ2v) is 3.43. The number of nitrogens with zero attached hydrogens (tertiary/aromatic N) is 3. The van der Waals surface area contributed by atoms with Gasteiger partial charge in [-0.2, -0.15) is 5.10 Å². The van der Waals surface area contributed by atoms with E-state index in [0.717, 1.165) is 24.2 Å². The molecular formula is C11H12FN3. The highest BCUT2D eigenvalue weighted by molar-refractivity contribution is 5.16. The van der Waals surface area contributed by atoms with E-state index >= 15 is 0 Å². The van der Waals surface area contributed by atoms with Crippen LogP contribution in [0.15, 0.2) is 30.6 Å². The van der Waals surface area contributed by atoms with Crippen molar-refractivity contribution in [3.8, 4) is 0 Å². The Morgan fingerprint density at radius 1 is 1.20 bits per heavy atom. The summed E-state index contributed by atoms with van der Waals surface area (Å²) in [5.74, 6) is 0.747. The van der Waals surface area contributed by atoms with Crippen molar-refractivity contribution in [1.29, 1.82) is 0 Å². The second kappa shape index (κ2) is 4.21. The van der Waals surface area contributed by atoms with Crippen LogP contribution in [0, 0.1) is 5.82 Å². The van der Waals surface area contributed by atoms with E-state index in [-0.39, 0.29) is 5.82 Å². The number of hydrogen-bond acceptors (Lipinski definition) is 2. The van der Waals surface area contributed by atoms with Crippen molar-refractivity contribution >= 4 is 0 Å². The minimum atomic E-state index is -0.197. The molecule has 2 rings (SSSR count). The first-order valence-electron chi connectivity index (χ1n) is 4.83. The molecule has 0 bridgehead atoms. The van der Waals surface area contributed by atoms with Gasteiger partial charge in [0, 0.05) is 13.5 Å². The fraction of sp³-hybridized carbons (Fsp3) is 0.273. The summed E-state index contributed by atoms with van der Waals surface area (Å²) in [7, 11) is 1.87. The molecule has 0 spiro atoms. The van der Waals surface area contributed by atoms with Gasteiger partial charge in [0.2, 0.25) is 0 Å². The van der Waals surface area contributed by atoms with Crippen LogP contribution in [0.5, 0.6) is 0 Å². The molecule has 0 unspecified atom stereocenters. The molecule has 0 radical (unpaired) electrons. The summed E-state index contributed by atoms with van der Waals surface area (Å²) in [5, 5.41) is 3.99. The molecule has 4 heteroatoms. The molecule has 0 fully saturated rings. The molecule has 0 saturated carbocycles. The van der Waals surface area contributed by atoms with E-state index in [4.69, 9.17) is 0 Å². The van der Waals surface area contributed by atoms with Crippen molar-refractivity contribution in [2.45, 2.75) is 12.8 Å². The molecule has 3 nitrogen and oxygen atoms in total. The van der Waals surface area contributed by atoms with Crippen LogP contribution < -0.4 is 0 Å². The SMILES string of the molecule is Cn1ncnc1CCc1ccc(F)cc1. The molecule has 0 aliphatic heterocycles. The molecule has 0 saturated heterocycles. The van der Waals surface area contributed by atoms with E-state index in [2.05, 4.69) is 10.1 Å². The Morgan fingerprint density at radius 3 is 2.53 bits per heavy atom. The van der Waals surface area contributed by atoms with Gasteiger partial charge in [0.25, 0.3) is 0 Å². The first-order chi connectivity index (χ1) is 7.25.